The molecule has 0 unspecified atom stereocenters. The molecule has 1 aliphatic rings. The maximum absolute atomic E-state index is 12.8. The minimum Gasteiger partial charge on any atom is -0.465 e. The van der Waals surface area contributed by atoms with Crippen LogP contribution in [0.5, 0.6) is 0 Å². The summed E-state index contributed by atoms with van der Waals surface area (Å²) in [6.45, 7) is 1.72. The first-order valence-corrected chi connectivity index (χ1v) is 7.07. The maximum Gasteiger partial charge on any atom is 0.340 e. The lowest BCUT2D eigenvalue weighted by molar-refractivity contribution is -0.136. The van der Waals surface area contributed by atoms with Crippen molar-refractivity contribution < 1.29 is 18.7 Å². The third-order valence-corrected chi connectivity index (χ3v) is 3.63. The summed E-state index contributed by atoms with van der Waals surface area (Å²) in [6.07, 6.45) is 3.07. The Hall–Kier alpha value is -3.08. The van der Waals surface area contributed by atoms with Gasteiger partial charge in [0.15, 0.2) is 0 Å². The first kappa shape index (κ1) is 14.8. The number of allylic oxidation sites excluding steroid dienone is 1. The van der Waals surface area contributed by atoms with Crippen LogP contribution in [0.4, 0.5) is 5.69 Å². The van der Waals surface area contributed by atoms with Crippen LogP contribution < -0.4 is 4.90 Å². The summed E-state index contributed by atoms with van der Waals surface area (Å²) in [5.41, 5.74) is 1.73. The van der Waals surface area contributed by atoms with Crippen molar-refractivity contribution in [2.24, 2.45) is 0 Å². The van der Waals surface area contributed by atoms with Gasteiger partial charge in [0.25, 0.3) is 5.91 Å². The minimum absolute atomic E-state index is 0.248. The zero-order valence-electron chi connectivity index (χ0n) is 12.8. The molecule has 0 bridgehead atoms. The van der Waals surface area contributed by atoms with Gasteiger partial charge in [0, 0.05) is 11.4 Å². The summed E-state index contributed by atoms with van der Waals surface area (Å²) in [5.74, 6) is -0.338. The number of methoxy groups -OCH3 is 1. The normalized spacial score (nSPS) is 16.3. The fourth-order valence-corrected chi connectivity index (χ4v) is 2.58. The Morgan fingerprint density at radius 3 is 2.52 bits per heavy atom. The second-order valence-electron chi connectivity index (χ2n) is 5.00. The Morgan fingerprint density at radius 2 is 1.91 bits per heavy atom. The maximum atomic E-state index is 12.8. The molecule has 0 fully saturated rings. The van der Waals surface area contributed by atoms with Crippen molar-refractivity contribution in [3.63, 3.8) is 0 Å². The molecule has 0 radical (unpaired) electrons. The van der Waals surface area contributed by atoms with Crippen LogP contribution in [-0.4, -0.2) is 19.0 Å². The summed E-state index contributed by atoms with van der Waals surface area (Å²) < 4.78 is 10.1. The van der Waals surface area contributed by atoms with E-state index in [0.717, 1.165) is 0 Å². The predicted molar refractivity (Wildman–Crippen MR) is 85.3 cm³/mol. The molecule has 1 aromatic carbocycles. The Kier molecular flexibility index (Phi) is 3.85. The zero-order valence-corrected chi connectivity index (χ0v) is 12.8. The number of hydrogen-bond acceptors (Lipinski definition) is 4. The lowest BCUT2D eigenvalue weighted by atomic mass is 10.1. The van der Waals surface area contributed by atoms with Gasteiger partial charge in [-0.25, -0.2) is 4.79 Å². The lowest BCUT2D eigenvalue weighted by Crippen LogP contribution is -2.24. The molecule has 5 nitrogen and oxygen atoms in total. The number of carbonyl (C=O) groups excluding carboxylic acids is 2. The van der Waals surface area contributed by atoms with Crippen LogP contribution in [0, 0.1) is 0 Å². The molecule has 5 heteroatoms. The van der Waals surface area contributed by atoms with E-state index in [9.17, 15) is 9.59 Å². The summed E-state index contributed by atoms with van der Waals surface area (Å²) in [7, 11) is 1.29. The summed E-state index contributed by atoms with van der Waals surface area (Å²) in [6, 6.07) is 12.6. The zero-order chi connectivity index (χ0) is 16.4. The van der Waals surface area contributed by atoms with E-state index in [0.29, 0.717) is 17.1 Å². The molecular formula is C18H15NO4. The van der Waals surface area contributed by atoms with Crippen molar-refractivity contribution in [3.8, 4) is 0 Å². The predicted octanol–water partition coefficient (Wildman–Crippen LogP) is 3.16. The molecule has 116 valence electrons. The number of nitrogens with zero attached hydrogens (tertiary/aromatic N) is 1. The molecule has 0 aliphatic carbocycles. The molecule has 1 aromatic heterocycles. The number of ether oxygens (including phenoxy) is 1. The number of anilines is 1. The smallest absolute Gasteiger partial charge is 0.340 e. The largest absolute Gasteiger partial charge is 0.465 e. The quantitative estimate of drug-likeness (QED) is 0.645. The van der Waals surface area contributed by atoms with E-state index in [1.54, 1.807) is 25.1 Å². The second-order valence-corrected chi connectivity index (χ2v) is 5.00. The summed E-state index contributed by atoms with van der Waals surface area (Å²) in [4.78, 5) is 26.5. The van der Waals surface area contributed by atoms with Crippen molar-refractivity contribution in [3.05, 3.63) is 71.3 Å². The van der Waals surface area contributed by atoms with Crippen LogP contribution in [-0.2, 0) is 14.3 Å². The number of amides is 1. The van der Waals surface area contributed by atoms with Crippen LogP contribution in [0.15, 0.2) is 70.0 Å². The van der Waals surface area contributed by atoms with Crippen LogP contribution >= 0.6 is 0 Å². The number of carbonyl (C=O) groups is 2. The van der Waals surface area contributed by atoms with E-state index in [1.807, 2.05) is 30.3 Å². The fraction of sp³-hybridized carbons (Fsp3) is 0.111. The van der Waals surface area contributed by atoms with Crippen LogP contribution in [0.1, 0.15) is 12.7 Å². The Balaban J connectivity index is 2.14. The van der Waals surface area contributed by atoms with Gasteiger partial charge >= 0.3 is 5.97 Å². The summed E-state index contributed by atoms with van der Waals surface area (Å²) >= 11 is 0. The number of esters is 1. The van der Waals surface area contributed by atoms with Gasteiger partial charge in [0.2, 0.25) is 0 Å². The van der Waals surface area contributed by atoms with Gasteiger partial charge in [-0.05, 0) is 37.3 Å². The van der Waals surface area contributed by atoms with Gasteiger partial charge in [-0.2, -0.15) is 0 Å². The molecule has 0 spiro atoms. The monoisotopic (exact) mass is 309 g/mol. The second kappa shape index (κ2) is 5.96. The number of rotatable bonds is 3. The molecule has 1 aliphatic heterocycles. The molecule has 0 saturated carbocycles. The first-order valence-electron chi connectivity index (χ1n) is 7.07. The molecule has 2 heterocycles. The number of benzene rings is 1. The average Bonchev–Trinajstić information content (AvgIpc) is 3.15. The van der Waals surface area contributed by atoms with Gasteiger partial charge in [-0.3, -0.25) is 9.69 Å². The van der Waals surface area contributed by atoms with E-state index < -0.39 is 5.97 Å². The highest BCUT2D eigenvalue weighted by Crippen LogP contribution is 2.35. The molecule has 1 amide bonds. The van der Waals surface area contributed by atoms with Crippen molar-refractivity contribution in [1.82, 2.24) is 0 Å². The van der Waals surface area contributed by atoms with E-state index in [1.165, 1.54) is 18.3 Å². The van der Waals surface area contributed by atoms with E-state index in [2.05, 4.69) is 0 Å². The molecular weight excluding hydrogens is 294 g/mol. The first-order chi connectivity index (χ1) is 11.1. The van der Waals surface area contributed by atoms with Gasteiger partial charge in [0.05, 0.1) is 24.5 Å². The van der Waals surface area contributed by atoms with Crippen molar-refractivity contribution >= 4 is 23.6 Å². The number of hydrogen-bond donors (Lipinski definition) is 0. The molecule has 3 rings (SSSR count). The highest BCUT2D eigenvalue weighted by molar-refractivity contribution is 6.23. The van der Waals surface area contributed by atoms with E-state index >= 15 is 0 Å². The minimum atomic E-state index is -0.549. The van der Waals surface area contributed by atoms with E-state index in [4.69, 9.17) is 9.15 Å². The summed E-state index contributed by atoms with van der Waals surface area (Å²) in [5, 5.41) is 0. The number of para-hydroxylation sites is 1. The van der Waals surface area contributed by atoms with Crippen LogP contribution in [0.2, 0.25) is 0 Å². The van der Waals surface area contributed by atoms with Gasteiger partial charge in [-0.1, -0.05) is 18.2 Å². The van der Waals surface area contributed by atoms with Crippen LogP contribution in [0.25, 0.3) is 6.08 Å². The van der Waals surface area contributed by atoms with Gasteiger partial charge in [-0.15, -0.1) is 0 Å². The standard InChI is InChI=1S/C18H15NO4/c1-12-16(18(21)22-2)15(11-14-9-6-10-23-14)17(20)19(12)13-7-4-3-5-8-13/h3-11H,1-2H3/b15-11-. The Morgan fingerprint density at radius 1 is 1.17 bits per heavy atom. The Bertz CT molecular complexity index is 801. The topological polar surface area (TPSA) is 59.8 Å². The van der Waals surface area contributed by atoms with Crippen molar-refractivity contribution in [2.45, 2.75) is 6.92 Å². The van der Waals surface area contributed by atoms with Crippen molar-refractivity contribution in [2.75, 3.05) is 12.0 Å². The van der Waals surface area contributed by atoms with Gasteiger partial charge < -0.3 is 9.15 Å². The van der Waals surface area contributed by atoms with Crippen molar-refractivity contribution in [1.29, 1.82) is 0 Å². The molecule has 23 heavy (non-hydrogen) atoms. The molecule has 0 atom stereocenters. The molecule has 2 aromatic rings. The highest BCUT2D eigenvalue weighted by atomic mass is 16.5. The molecule has 0 saturated heterocycles. The highest BCUT2D eigenvalue weighted by Gasteiger charge is 2.37. The third-order valence-electron chi connectivity index (χ3n) is 3.63. The molecule has 0 N–H and O–H groups in total. The third kappa shape index (κ3) is 2.57. The lowest BCUT2D eigenvalue weighted by Gasteiger charge is -2.17. The number of furan rings is 1. The van der Waals surface area contributed by atoms with Gasteiger partial charge in [0.1, 0.15) is 5.76 Å². The van der Waals surface area contributed by atoms with Crippen LogP contribution in [0.3, 0.4) is 0 Å². The fourth-order valence-electron chi connectivity index (χ4n) is 2.58. The average molecular weight is 309 g/mol. The van der Waals surface area contributed by atoms with E-state index in [-0.39, 0.29) is 17.1 Å². The SMILES string of the molecule is COC(=O)C1=C(C)N(c2ccccc2)C(=O)/C1=C\c1ccco1. The Labute approximate surface area is 133 Å².